The number of methoxy groups -OCH3 is 3. The van der Waals surface area contributed by atoms with Crippen molar-refractivity contribution in [1.82, 2.24) is 15.0 Å². The van der Waals surface area contributed by atoms with Gasteiger partial charge in [0, 0.05) is 24.2 Å². The Labute approximate surface area is 180 Å². The largest absolute Gasteiger partial charge is 0.497 e. The molecule has 1 amide bonds. The number of carbonyl (C=O) groups excluding carboxylic acids is 1. The van der Waals surface area contributed by atoms with E-state index >= 15 is 0 Å². The van der Waals surface area contributed by atoms with Crippen molar-refractivity contribution in [2.75, 3.05) is 34.4 Å². The van der Waals surface area contributed by atoms with Crippen LogP contribution in [0.15, 0.2) is 47.0 Å². The van der Waals surface area contributed by atoms with Gasteiger partial charge in [0.05, 0.1) is 27.2 Å². The van der Waals surface area contributed by atoms with Gasteiger partial charge in [-0.3, -0.25) is 4.79 Å². The van der Waals surface area contributed by atoms with Gasteiger partial charge in [0.15, 0.2) is 11.5 Å². The van der Waals surface area contributed by atoms with Crippen molar-refractivity contribution < 1.29 is 23.5 Å². The molecule has 1 unspecified atom stereocenters. The molecule has 2 aromatic carbocycles. The Hall–Kier alpha value is -3.55. The Morgan fingerprint density at radius 3 is 2.52 bits per heavy atom. The summed E-state index contributed by atoms with van der Waals surface area (Å²) in [5.74, 6) is 2.91. The predicted molar refractivity (Wildman–Crippen MR) is 114 cm³/mol. The molecule has 0 aliphatic carbocycles. The molecule has 0 saturated carbocycles. The van der Waals surface area contributed by atoms with Gasteiger partial charge in [0.2, 0.25) is 11.7 Å². The number of amides is 1. The number of carbonyl (C=O) groups is 1. The molecule has 1 atom stereocenters. The number of rotatable bonds is 6. The van der Waals surface area contributed by atoms with Gasteiger partial charge in [-0.05, 0) is 55.3 Å². The monoisotopic (exact) mass is 423 g/mol. The van der Waals surface area contributed by atoms with E-state index in [2.05, 4.69) is 10.1 Å². The number of hydrogen-bond donors (Lipinski definition) is 0. The van der Waals surface area contributed by atoms with Crippen LogP contribution in [0.3, 0.4) is 0 Å². The molecule has 1 aliphatic heterocycles. The van der Waals surface area contributed by atoms with Crippen molar-refractivity contribution in [1.29, 1.82) is 0 Å². The first-order valence-electron chi connectivity index (χ1n) is 10.1. The SMILES string of the molecule is COc1ccc(-c2noc(C3CCCN(C(=O)c4ccc(OC)c(OC)c4)C3)n2)cc1. The second-order valence-corrected chi connectivity index (χ2v) is 7.34. The zero-order valence-corrected chi connectivity index (χ0v) is 17.8. The number of hydrogen-bond acceptors (Lipinski definition) is 7. The van der Waals surface area contributed by atoms with Gasteiger partial charge in [0.1, 0.15) is 5.75 Å². The Morgan fingerprint density at radius 1 is 1.03 bits per heavy atom. The first kappa shape index (κ1) is 20.7. The van der Waals surface area contributed by atoms with Crippen LogP contribution in [0.5, 0.6) is 17.2 Å². The molecule has 0 radical (unpaired) electrons. The second-order valence-electron chi connectivity index (χ2n) is 7.34. The Morgan fingerprint density at radius 2 is 1.81 bits per heavy atom. The molecule has 2 heterocycles. The molecule has 1 aromatic heterocycles. The quantitative estimate of drug-likeness (QED) is 0.596. The molecule has 8 nitrogen and oxygen atoms in total. The minimum absolute atomic E-state index is 0.00246. The summed E-state index contributed by atoms with van der Waals surface area (Å²) in [6.45, 7) is 1.21. The lowest BCUT2D eigenvalue weighted by atomic mass is 9.97. The van der Waals surface area contributed by atoms with Crippen molar-refractivity contribution in [2.45, 2.75) is 18.8 Å². The van der Waals surface area contributed by atoms with Crippen molar-refractivity contribution >= 4 is 5.91 Å². The summed E-state index contributed by atoms with van der Waals surface area (Å²) in [5, 5.41) is 4.13. The van der Waals surface area contributed by atoms with E-state index in [1.54, 1.807) is 39.5 Å². The predicted octanol–water partition coefficient (Wildman–Crippen LogP) is 3.78. The summed E-state index contributed by atoms with van der Waals surface area (Å²) in [5.41, 5.74) is 1.41. The van der Waals surface area contributed by atoms with E-state index in [1.165, 1.54) is 0 Å². The van der Waals surface area contributed by atoms with Gasteiger partial charge in [0.25, 0.3) is 5.91 Å². The zero-order chi connectivity index (χ0) is 21.8. The summed E-state index contributed by atoms with van der Waals surface area (Å²) in [6.07, 6.45) is 1.75. The van der Waals surface area contributed by atoms with Gasteiger partial charge in [-0.2, -0.15) is 4.98 Å². The molecule has 1 aliphatic rings. The molecule has 4 rings (SSSR count). The standard InChI is InChI=1S/C23H25N3O5/c1-28-18-9-6-15(7-10-18)21-24-22(31-25-21)17-5-4-12-26(14-17)23(27)16-8-11-19(29-2)20(13-16)30-3/h6-11,13,17H,4-5,12,14H2,1-3H3. The first-order valence-corrected chi connectivity index (χ1v) is 10.1. The van der Waals surface area contributed by atoms with Crippen LogP contribution in [0, 0.1) is 0 Å². The van der Waals surface area contributed by atoms with Crippen LogP contribution in [0.4, 0.5) is 0 Å². The number of ether oxygens (including phenoxy) is 3. The van der Waals surface area contributed by atoms with Crippen molar-refractivity contribution in [3.8, 4) is 28.6 Å². The number of likely N-dealkylation sites (tertiary alicyclic amines) is 1. The second kappa shape index (κ2) is 9.07. The lowest BCUT2D eigenvalue weighted by molar-refractivity contribution is 0.0695. The smallest absolute Gasteiger partial charge is 0.254 e. The van der Waals surface area contributed by atoms with Crippen LogP contribution in [0.2, 0.25) is 0 Å². The molecule has 162 valence electrons. The van der Waals surface area contributed by atoms with Crippen LogP contribution in [0.25, 0.3) is 11.4 Å². The minimum Gasteiger partial charge on any atom is -0.497 e. The van der Waals surface area contributed by atoms with E-state index in [-0.39, 0.29) is 11.8 Å². The van der Waals surface area contributed by atoms with Crippen LogP contribution in [-0.2, 0) is 0 Å². The first-order chi connectivity index (χ1) is 15.1. The van der Waals surface area contributed by atoms with Crippen LogP contribution >= 0.6 is 0 Å². The fraction of sp³-hybridized carbons (Fsp3) is 0.348. The van der Waals surface area contributed by atoms with E-state index in [4.69, 9.17) is 18.7 Å². The molecule has 1 saturated heterocycles. The molecule has 0 N–H and O–H groups in total. The van der Waals surface area contributed by atoms with E-state index in [0.29, 0.717) is 41.9 Å². The third kappa shape index (κ3) is 4.33. The molecular formula is C23H25N3O5. The highest BCUT2D eigenvalue weighted by molar-refractivity contribution is 5.95. The minimum atomic E-state index is -0.0550. The average Bonchev–Trinajstić information content (AvgIpc) is 3.33. The maximum atomic E-state index is 13.1. The summed E-state index contributed by atoms with van der Waals surface area (Å²) in [4.78, 5) is 19.5. The van der Waals surface area contributed by atoms with Crippen molar-refractivity contribution in [2.24, 2.45) is 0 Å². The topological polar surface area (TPSA) is 86.9 Å². The molecule has 1 fully saturated rings. The lowest BCUT2D eigenvalue weighted by Gasteiger charge is -2.31. The van der Waals surface area contributed by atoms with Crippen molar-refractivity contribution in [3.05, 3.63) is 53.9 Å². The Balaban J connectivity index is 1.48. The van der Waals surface area contributed by atoms with Crippen LogP contribution in [0.1, 0.15) is 35.0 Å². The average molecular weight is 423 g/mol. The molecule has 3 aromatic rings. The molecule has 0 spiro atoms. The fourth-order valence-electron chi connectivity index (χ4n) is 3.77. The maximum Gasteiger partial charge on any atom is 0.254 e. The van der Waals surface area contributed by atoms with Gasteiger partial charge in [-0.25, -0.2) is 0 Å². The Kier molecular flexibility index (Phi) is 6.06. The number of aromatic nitrogens is 2. The zero-order valence-electron chi connectivity index (χ0n) is 17.8. The fourth-order valence-corrected chi connectivity index (χ4v) is 3.77. The van der Waals surface area contributed by atoms with Crippen LogP contribution < -0.4 is 14.2 Å². The van der Waals surface area contributed by atoms with Gasteiger partial charge in [-0.15, -0.1) is 0 Å². The number of piperidine rings is 1. The molecular weight excluding hydrogens is 398 g/mol. The van der Waals surface area contributed by atoms with E-state index < -0.39 is 0 Å². The summed E-state index contributed by atoms with van der Waals surface area (Å²) >= 11 is 0. The van der Waals surface area contributed by atoms with Gasteiger partial charge < -0.3 is 23.6 Å². The number of nitrogens with zero attached hydrogens (tertiary/aromatic N) is 3. The summed E-state index contributed by atoms with van der Waals surface area (Å²) < 4.78 is 21.3. The Bertz CT molecular complexity index is 1050. The summed E-state index contributed by atoms with van der Waals surface area (Å²) in [6, 6.07) is 12.7. The highest BCUT2D eigenvalue weighted by Gasteiger charge is 2.29. The number of benzene rings is 2. The normalized spacial score (nSPS) is 16.1. The van der Waals surface area contributed by atoms with Crippen molar-refractivity contribution in [3.63, 3.8) is 0 Å². The lowest BCUT2D eigenvalue weighted by Crippen LogP contribution is -2.39. The molecule has 0 bridgehead atoms. The van der Waals surface area contributed by atoms with E-state index in [1.807, 2.05) is 29.2 Å². The van der Waals surface area contributed by atoms with E-state index in [0.717, 1.165) is 24.2 Å². The van der Waals surface area contributed by atoms with Gasteiger partial charge in [-0.1, -0.05) is 5.16 Å². The third-order valence-corrected chi connectivity index (χ3v) is 5.48. The molecule has 8 heteroatoms. The molecule has 31 heavy (non-hydrogen) atoms. The van der Waals surface area contributed by atoms with E-state index in [9.17, 15) is 4.79 Å². The third-order valence-electron chi connectivity index (χ3n) is 5.48. The van der Waals surface area contributed by atoms with Gasteiger partial charge >= 0.3 is 0 Å². The summed E-state index contributed by atoms with van der Waals surface area (Å²) in [7, 11) is 4.75. The van der Waals surface area contributed by atoms with Crippen LogP contribution in [-0.4, -0.2) is 55.4 Å². The highest BCUT2D eigenvalue weighted by Crippen LogP contribution is 2.31. The maximum absolute atomic E-state index is 13.1. The highest BCUT2D eigenvalue weighted by atomic mass is 16.5.